The van der Waals surface area contributed by atoms with Gasteiger partial charge in [0.25, 0.3) is 0 Å². The highest BCUT2D eigenvalue weighted by atomic mass is 16.2. The van der Waals surface area contributed by atoms with E-state index < -0.39 is 0 Å². The van der Waals surface area contributed by atoms with Gasteiger partial charge in [-0.25, -0.2) is 0 Å². The third kappa shape index (κ3) is 7.82. The first-order valence-electron chi connectivity index (χ1n) is 7.15. The zero-order valence-electron chi connectivity index (χ0n) is 12.3. The Bertz CT molecular complexity index is 304. The summed E-state index contributed by atoms with van der Waals surface area (Å²) in [5.41, 5.74) is -0.212. The molecule has 0 aromatic heterocycles. The van der Waals surface area contributed by atoms with Crippen LogP contribution in [0.2, 0.25) is 0 Å². The molecule has 1 rings (SSSR count). The van der Waals surface area contributed by atoms with E-state index in [2.05, 4.69) is 16.0 Å². The Balaban J connectivity index is 2.04. The smallest absolute Gasteiger partial charge is 0.222 e. The molecule has 0 radical (unpaired) electrons. The monoisotopic (exact) mass is 269 g/mol. The van der Waals surface area contributed by atoms with Crippen molar-refractivity contribution >= 4 is 11.8 Å². The number of hydrogen-bond donors (Lipinski definition) is 3. The molecule has 0 saturated carbocycles. The van der Waals surface area contributed by atoms with Crippen LogP contribution in [0.1, 0.15) is 46.5 Å². The molecule has 19 heavy (non-hydrogen) atoms. The lowest BCUT2D eigenvalue weighted by molar-refractivity contribution is -0.123. The van der Waals surface area contributed by atoms with Gasteiger partial charge >= 0.3 is 0 Å². The van der Waals surface area contributed by atoms with Crippen molar-refractivity contribution in [3.8, 4) is 0 Å². The number of carbonyl (C=O) groups excluding carboxylic acids is 2. The molecule has 0 spiro atoms. The van der Waals surface area contributed by atoms with E-state index in [4.69, 9.17) is 0 Å². The van der Waals surface area contributed by atoms with Crippen molar-refractivity contribution in [2.24, 2.45) is 5.92 Å². The molecule has 1 aliphatic heterocycles. The quantitative estimate of drug-likeness (QED) is 0.668. The maximum atomic E-state index is 11.6. The van der Waals surface area contributed by atoms with Crippen molar-refractivity contribution in [1.29, 1.82) is 0 Å². The normalized spacial score (nSPS) is 19.2. The lowest BCUT2D eigenvalue weighted by Gasteiger charge is -2.20. The van der Waals surface area contributed by atoms with Crippen LogP contribution in [0.5, 0.6) is 0 Å². The van der Waals surface area contributed by atoms with Crippen molar-refractivity contribution in [3.05, 3.63) is 0 Å². The molecule has 110 valence electrons. The van der Waals surface area contributed by atoms with Gasteiger partial charge in [0.15, 0.2) is 0 Å². The topological polar surface area (TPSA) is 70.2 Å². The van der Waals surface area contributed by atoms with Crippen molar-refractivity contribution in [2.45, 2.75) is 52.0 Å². The molecule has 1 unspecified atom stereocenters. The predicted octanol–water partition coefficient (Wildman–Crippen LogP) is 0.797. The van der Waals surface area contributed by atoms with E-state index in [0.717, 1.165) is 19.5 Å². The summed E-state index contributed by atoms with van der Waals surface area (Å²) in [4.78, 5) is 23.1. The summed E-state index contributed by atoms with van der Waals surface area (Å²) >= 11 is 0. The maximum absolute atomic E-state index is 11.6. The van der Waals surface area contributed by atoms with Gasteiger partial charge in [-0.2, -0.15) is 0 Å². The SMILES string of the molecule is CC(C)(C)NC(=O)CCNC(=O)CCC1CCNC1. The molecule has 0 bridgehead atoms. The Morgan fingerprint density at radius 3 is 2.53 bits per heavy atom. The van der Waals surface area contributed by atoms with E-state index in [-0.39, 0.29) is 17.4 Å². The molecule has 0 aromatic rings. The molecule has 1 atom stereocenters. The second-order valence-corrected chi connectivity index (χ2v) is 6.30. The zero-order valence-corrected chi connectivity index (χ0v) is 12.3. The first-order valence-corrected chi connectivity index (χ1v) is 7.15. The number of carbonyl (C=O) groups is 2. The van der Waals surface area contributed by atoms with Gasteiger partial charge in [-0.15, -0.1) is 0 Å². The first kappa shape index (κ1) is 16.0. The molecule has 1 fully saturated rings. The third-order valence-electron chi connectivity index (χ3n) is 3.13. The summed E-state index contributed by atoms with van der Waals surface area (Å²) in [5.74, 6) is 0.665. The minimum absolute atomic E-state index is 0.0206. The fourth-order valence-corrected chi connectivity index (χ4v) is 2.18. The Labute approximate surface area is 115 Å². The van der Waals surface area contributed by atoms with Crippen LogP contribution in [-0.4, -0.2) is 37.0 Å². The van der Waals surface area contributed by atoms with Crippen molar-refractivity contribution < 1.29 is 9.59 Å². The lowest BCUT2D eigenvalue weighted by Crippen LogP contribution is -2.42. The second kappa shape index (κ2) is 7.48. The van der Waals surface area contributed by atoms with Crippen molar-refractivity contribution in [3.63, 3.8) is 0 Å². The molecule has 5 heteroatoms. The number of nitrogens with one attached hydrogen (secondary N) is 3. The summed E-state index contributed by atoms with van der Waals surface area (Å²) in [5, 5.41) is 8.97. The zero-order chi connectivity index (χ0) is 14.3. The predicted molar refractivity (Wildman–Crippen MR) is 75.7 cm³/mol. The fraction of sp³-hybridized carbons (Fsp3) is 0.857. The Morgan fingerprint density at radius 1 is 1.21 bits per heavy atom. The lowest BCUT2D eigenvalue weighted by atomic mass is 10.0. The highest BCUT2D eigenvalue weighted by Gasteiger charge is 2.16. The van der Waals surface area contributed by atoms with E-state index in [1.54, 1.807) is 0 Å². The van der Waals surface area contributed by atoms with Gasteiger partial charge < -0.3 is 16.0 Å². The summed E-state index contributed by atoms with van der Waals surface area (Å²) in [6.07, 6.45) is 3.01. The molecule has 1 saturated heterocycles. The van der Waals surface area contributed by atoms with Crippen LogP contribution >= 0.6 is 0 Å². The Hall–Kier alpha value is -1.10. The average molecular weight is 269 g/mol. The molecular formula is C14H27N3O2. The van der Waals surface area contributed by atoms with E-state index in [1.165, 1.54) is 6.42 Å². The third-order valence-corrected chi connectivity index (χ3v) is 3.13. The largest absolute Gasteiger partial charge is 0.356 e. The molecule has 0 aliphatic carbocycles. The van der Waals surface area contributed by atoms with Gasteiger partial charge in [-0.3, -0.25) is 9.59 Å². The van der Waals surface area contributed by atoms with E-state index in [1.807, 2.05) is 20.8 Å². The van der Waals surface area contributed by atoms with Gasteiger partial charge in [0.05, 0.1) is 0 Å². The molecule has 5 nitrogen and oxygen atoms in total. The van der Waals surface area contributed by atoms with Crippen LogP contribution in [0.25, 0.3) is 0 Å². The van der Waals surface area contributed by atoms with Crippen molar-refractivity contribution in [1.82, 2.24) is 16.0 Å². The summed E-state index contributed by atoms with van der Waals surface area (Å²) in [7, 11) is 0. The van der Waals surface area contributed by atoms with Crippen molar-refractivity contribution in [2.75, 3.05) is 19.6 Å². The van der Waals surface area contributed by atoms with E-state index in [9.17, 15) is 9.59 Å². The summed E-state index contributed by atoms with van der Waals surface area (Å²) in [6.45, 7) is 8.35. The Kier molecular flexibility index (Phi) is 6.28. The highest BCUT2D eigenvalue weighted by Crippen LogP contribution is 2.13. The number of hydrogen-bond acceptors (Lipinski definition) is 3. The van der Waals surface area contributed by atoms with Gasteiger partial charge in [-0.1, -0.05) is 0 Å². The molecule has 3 N–H and O–H groups in total. The van der Waals surface area contributed by atoms with E-state index >= 15 is 0 Å². The van der Waals surface area contributed by atoms with Crippen LogP contribution in [0.3, 0.4) is 0 Å². The van der Waals surface area contributed by atoms with Crippen LogP contribution in [0.15, 0.2) is 0 Å². The minimum Gasteiger partial charge on any atom is -0.356 e. The average Bonchev–Trinajstić information content (AvgIpc) is 2.76. The van der Waals surface area contributed by atoms with Crippen LogP contribution in [-0.2, 0) is 9.59 Å². The number of amides is 2. The molecule has 0 aromatic carbocycles. The van der Waals surface area contributed by atoms with Gasteiger partial charge in [0, 0.05) is 24.9 Å². The molecule has 1 heterocycles. The van der Waals surface area contributed by atoms with Crippen LogP contribution in [0, 0.1) is 5.92 Å². The van der Waals surface area contributed by atoms with Crippen LogP contribution < -0.4 is 16.0 Å². The van der Waals surface area contributed by atoms with E-state index in [0.29, 0.717) is 25.3 Å². The molecular weight excluding hydrogens is 242 g/mol. The molecule has 1 aliphatic rings. The van der Waals surface area contributed by atoms with Gasteiger partial charge in [0.1, 0.15) is 0 Å². The summed E-state index contributed by atoms with van der Waals surface area (Å²) < 4.78 is 0. The maximum Gasteiger partial charge on any atom is 0.222 e. The Morgan fingerprint density at radius 2 is 1.95 bits per heavy atom. The second-order valence-electron chi connectivity index (χ2n) is 6.30. The fourth-order valence-electron chi connectivity index (χ4n) is 2.18. The first-order chi connectivity index (χ1) is 8.87. The minimum atomic E-state index is -0.212. The number of rotatable bonds is 6. The van der Waals surface area contributed by atoms with Gasteiger partial charge in [-0.05, 0) is 52.6 Å². The van der Waals surface area contributed by atoms with Gasteiger partial charge in [0.2, 0.25) is 11.8 Å². The molecule has 2 amide bonds. The summed E-state index contributed by atoms with van der Waals surface area (Å²) in [6, 6.07) is 0. The standard InChI is InChI=1S/C14H27N3O2/c1-14(2,3)17-13(19)7-9-16-12(18)5-4-11-6-8-15-10-11/h11,15H,4-10H2,1-3H3,(H,16,18)(H,17,19). The van der Waals surface area contributed by atoms with Crippen LogP contribution in [0.4, 0.5) is 0 Å². The highest BCUT2D eigenvalue weighted by molar-refractivity contribution is 5.79.